The van der Waals surface area contributed by atoms with Crippen LogP contribution in [0.15, 0.2) is 66.7 Å². The van der Waals surface area contributed by atoms with E-state index in [-0.39, 0.29) is 16.8 Å². The van der Waals surface area contributed by atoms with Crippen molar-refractivity contribution in [2.75, 3.05) is 10.6 Å². The summed E-state index contributed by atoms with van der Waals surface area (Å²) < 4.78 is 39.1. The van der Waals surface area contributed by atoms with E-state index in [0.717, 1.165) is 12.1 Å². The number of aryl methyl sites for hydroxylation is 1. The summed E-state index contributed by atoms with van der Waals surface area (Å²) in [6.07, 6.45) is -4.57. The number of rotatable bonds is 4. The van der Waals surface area contributed by atoms with Crippen LogP contribution < -0.4 is 10.6 Å². The first-order chi connectivity index (χ1) is 14.1. The molecule has 0 aliphatic heterocycles. The lowest BCUT2D eigenvalue weighted by Crippen LogP contribution is -2.19. The lowest BCUT2D eigenvalue weighted by Gasteiger charge is -2.13. The third kappa shape index (κ3) is 5.18. The Morgan fingerprint density at radius 1 is 0.867 bits per heavy atom. The normalized spacial score (nSPS) is 11.1. The summed E-state index contributed by atoms with van der Waals surface area (Å²) in [5, 5.41) is 5.71. The molecule has 0 unspecified atom stereocenters. The van der Waals surface area contributed by atoms with E-state index in [0.29, 0.717) is 16.3 Å². The van der Waals surface area contributed by atoms with Gasteiger partial charge in [-0.25, -0.2) is 0 Å². The van der Waals surface area contributed by atoms with Crippen LogP contribution in [-0.4, -0.2) is 11.8 Å². The van der Waals surface area contributed by atoms with Crippen molar-refractivity contribution in [3.8, 4) is 0 Å². The van der Waals surface area contributed by atoms with Gasteiger partial charge < -0.3 is 10.6 Å². The Morgan fingerprint density at radius 3 is 2.20 bits per heavy atom. The van der Waals surface area contributed by atoms with Crippen LogP contribution in [0.3, 0.4) is 0 Å². The third-order valence-electron chi connectivity index (χ3n) is 4.19. The van der Waals surface area contributed by atoms with E-state index in [1.54, 1.807) is 36.4 Å². The molecule has 3 aromatic carbocycles. The lowest BCUT2D eigenvalue weighted by atomic mass is 10.0. The van der Waals surface area contributed by atoms with E-state index in [1.165, 1.54) is 25.1 Å². The molecular weight excluding hydrogens is 417 g/mol. The summed E-state index contributed by atoms with van der Waals surface area (Å²) in [5.74, 6) is -1.25. The molecule has 2 N–H and O–H groups in total. The second kappa shape index (κ2) is 8.59. The van der Waals surface area contributed by atoms with E-state index in [9.17, 15) is 22.8 Å². The second-order valence-corrected chi connectivity index (χ2v) is 6.98. The molecule has 3 rings (SSSR count). The van der Waals surface area contributed by atoms with Crippen LogP contribution in [0.25, 0.3) is 0 Å². The highest BCUT2D eigenvalue weighted by Crippen LogP contribution is 2.31. The minimum Gasteiger partial charge on any atom is -0.322 e. The van der Waals surface area contributed by atoms with Crippen LogP contribution in [0.5, 0.6) is 0 Å². The Morgan fingerprint density at radius 2 is 1.53 bits per heavy atom. The molecule has 0 atom stereocenters. The van der Waals surface area contributed by atoms with E-state index >= 15 is 0 Å². The summed E-state index contributed by atoms with van der Waals surface area (Å²) in [6.45, 7) is 1.47. The maximum atomic E-state index is 13.0. The van der Waals surface area contributed by atoms with E-state index in [4.69, 9.17) is 11.6 Å². The molecule has 2 amide bonds. The number of carbonyl (C=O) groups excluding carboxylic acids is 2. The molecule has 0 spiro atoms. The van der Waals surface area contributed by atoms with Crippen LogP contribution in [0.1, 0.15) is 31.8 Å². The fourth-order valence-electron chi connectivity index (χ4n) is 2.79. The molecule has 0 heterocycles. The summed E-state index contributed by atoms with van der Waals surface area (Å²) in [4.78, 5) is 25.2. The van der Waals surface area contributed by atoms with Gasteiger partial charge in [0.1, 0.15) is 0 Å². The Balaban J connectivity index is 1.84. The van der Waals surface area contributed by atoms with Gasteiger partial charge in [0.15, 0.2) is 0 Å². The number of carbonyl (C=O) groups is 2. The Hall–Kier alpha value is -3.32. The third-order valence-corrected chi connectivity index (χ3v) is 4.44. The van der Waals surface area contributed by atoms with Crippen molar-refractivity contribution in [2.24, 2.45) is 0 Å². The SMILES string of the molecule is Cc1cc(C(=O)Nc2ccccc2C(=O)Nc2ccc(Cl)cc2)cc(C(F)(F)F)c1. The zero-order valence-electron chi connectivity index (χ0n) is 15.7. The van der Waals surface area contributed by atoms with Crippen LogP contribution in [0, 0.1) is 6.92 Å². The minimum atomic E-state index is -4.57. The predicted octanol–water partition coefficient (Wildman–Crippen LogP) is 6.17. The van der Waals surface area contributed by atoms with Gasteiger partial charge in [-0.15, -0.1) is 0 Å². The van der Waals surface area contributed by atoms with Crippen molar-refractivity contribution < 1.29 is 22.8 Å². The zero-order chi connectivity index (χ0) is 21.9. The predicted molar refractivity (Wildman–Crippen MR) is 110 cm³/mol. The van der Waals surface area contributed by atoms with Gasteiger partial charge in [-0.1, -0.05) is 23.7 Å². The van der Waals surface area contributed by atoms with Crippen molar-refractivity contribution in [3.05, 3.63) is 94.0 Å². The highest BCUT2D eigenvalue weighted by Gasteiger charge is 2.31. The van der Waals surface area contributed by atoms with Gasteiger partial charge >= 0.3 is 6.18 Å². The number of anilines is 2. The van der Waals surface area contributed by atoms with Crippen LogP contribution in [0.4, 0.5) is 24.5 Å². The average Bonchev–Trinajstić information content (AvgIpc) is 2.69. The van der Waals surface area contributed by atoms with E-state index in [1.807, 2.05) is 0 Å². The first-order valence-corrected chi connectivity index (χ1v) is 9.17. The molecule has 0 aliphatic rings. The Kier molecular flexibility index (Phi) is 6.12. The second-order valence-electron chi connectivity index (χ2n) is 6.55. The molecule has 0 aromatic heterocycles. The van der Waals surface area contributed by atoms with Crippen molar-refractivity contribution >= 4 is 34.8 Å². The molecule has 0 bridgehead atoms. The number of hydrogen-bond acceptors (Lipinski definition) is 2. The molecule has 0 fully saturated rings. The zero-order valence-corrected chi connectivity index (χ0v) is 16.4. The molecule has 0 saturated heterocycles. The Bertz CT molecular complexity index is 1100. The topological polar surface area (TPSA) is 58.2 Å². The number of alkyl halides is 3. The quantitative estimate of drug-likeness (QED) is 0.517. The smallest absolute Gasteiger partial charge is 0.322 e. The fourth-order valence-corrected chi connectivity index (χ4v) is 2.92. The Labute approximate surface area is 175 Å². The monoisotopic (exact) mass is 432 g/mol. The molecule has 3 aromatic rings. The van der Waals surface area contributed by atoms with Crippen molar-refractivity contribution in [1.82, 2.24) is 0 Å². The number of benzene rings is 3. The highest BCUT2D eigenvalue weighted by atomic mass is 35.5. The van der Waals surface area contributed by atoms with Crippen LogP contribution in [0.2, 0.25) is 5.02 Å². The number of halogens is 4. The molecular formula is C22H16ClF3N2O2. The van der Waals surface area contributed by atoms with Gasteiger partial charge in [0.25, 0.3) is 11.8 Å². The van der Waals surface area contributed by atoms with Crippen molar-refractivity contribution in [2.45, 2.75) is 13.1 Å². The summed E-state index contributed by atoms with van der Waals surface area (Å²) >= 11 is 5.83. The molecule has 0 saturated carbocycles. The summed E-state index contributed by atoms with van der Waals surface area (Å²) in [5.41, 5.74) is 0.0490. The standard InChI is InChI=1S/C22H16ClF3N2O2/c1-13-10-14(12-15(11-13)22(24,25)26)20(29)28-19-5-3-2-4-18(19)21(30)27-17-8-6-16(23)7-9-17/h2-12H,1H3,(H,27,30)(H,28,29). The average molecular weight is 433 g/mol. The first kappa shape index (κ1) is 21.4. The number of amides is 2. The number of nitrogens with one attached hydrogen (secondary N) is 2. The molecule has 0 aliphatic carbocycles. The van der Waals surface area contributed by atoms with Crippen LogP contribution in [-0.2, 0) is 6.18 Å². The van der Waals surface area contributed by atoms with Gasteiger partial charge in [-0.2, -0.15) is 13.2 Å². The van der Waals surface area contributed by atoms with Gasteiger partial charge in [-0.05, 0) is 67.1 Å². The van der Waals surface area contributed by atoms with Gasteiger partial charge in [0.05, 0.1) is 16.8 Å². The molecule has 154 valence electrons. The summed E-state index contributed by atoms with van der Waals surface area (Å²) in [6, 6.07) is 15.8. The largest absolute Gasteiger partial charge is 0.416 e. The van der Waals surface area contributed by atoms with E-state index in [2.05, 4.69) is 10.6 Å². The van der Waals surface area contributed by atoms with Gasteiger partial charge in [0, 0.05) is 16.3 Å². The lowest BCUT2D eigenvalue weighted by molar-refractivity contribution is -0.137. The highest BCUT2D eigenvalue weighted by molar-refractivity contribution is 6.30. The molecule has 4 nitrogen and oxygen atoms in total. The molecule has 0 radical (unpaired) electrons. The molecule has 8 heteroatoms. The van der Waals surface area contributed by atoms with E-state index < -0.39 is 23.6 Å². The minimum absolute atomic E-state index is 0.157. The summed E-state index contributed by atoms with van der Waals surface area (Å²) in [7, 11) is 0. The van der Waals surface area contributed by atoms with Crippen LogP contribution >= 0.6 is 11.6 Å². The van der Waals surface area contributed by atoms with Crippen molar-refractivity contribution in [1.29, 1.82) is 0 Å². The maximum absolute atomic E-state index is 13.0. The molecule has 30 heavy (non-hydrogen) atoms. The number of para-hydroxylation sites is 1. The van der Waals surface area contributed by atoms with Gasteiger partial charge in [-0.3, -0.25) is 9.59 Å². The van der Waals surface area contributed by atoms with Crippen molar-refractivity contribution in [3.63, 3.8) is 0 Å². The number of hydrogen-bond donors (Lipinski definition) is 2. The fraction of sp³-hybridized carbons (Fsp3) is 0.0909. The first-order valence-electron chi connectivity index (χ1n) is 8.79. The maximum Gasteiger partial charge on any atom is 0.416 e. The van der Waals surface area contributed by atoms with Gasteiger partial charge in [0.2, 0.25) is 0 Å².